The summed E-state index contributed by atoms with van der Waals surface area (Å²) in [5.74, 6) is 0.951. The van der Waals surface area contributed by atoms with E-state index in [9.17, 15) is 5.11 Å². The molecule has 1 aromatic heterocycles. The maximum Gasteiger partial charge on any atom is 0.194 e. The van der Waals surface area contributed by atoms with Crippen molar-refractivity contribution in [1.29, 1.82) is 0 Å². The molecule has 0 radical (unpaired) electrons. The topological polar surface area (TPSA) is 51.1 Å². The summed E-state index contributed by atoms with van der Waals surface area (Å²) in [6, 6.07) is 2.26. The Labute approximate surface area is 159 Å². The molecule has 2 aliphatic rings. The Morgan fingerprint density at radius 1 is 1.48 bits per heavy atom. The molecule has 2 aliphatic heterocycles. The first-order valence-electron chi connectivity index (χ1n) is 8.25. The minimum atomic E-state index is -0.206. The van der Waals surface area contributed by atoms with Gasteiger partial charge in [0, 0.05) is 44.1 Å². The number of guanidine groups is 1. The second kappa shape index (κ2) is 9.19. The van der Waals surface area contributed by atoms with Gasteiger partial charge in [-0.1, -0.05) is 0 Å². The summed E-state index contributed by atoms with van der Waals surface area (Å²) in [5, 5.41) is 15.2. The van der Waals surface area contributed by atoms with E-state index in [4.69, 9.17) is 4.99 Å². The highest BCUT2D eigenvalue weighted by molar-refractivity contribution is 14.0. The molecule has 23 heavy (non-hydrogen) atoms. The Morgan fingerprint density at radius 2 is 2.35 bits per heavy atom. The predicted molar refractivity (Wildman–Crippen MR) is 107 cm³/mol. The third kappa shape index (κ3) is 5.04. The standard InChI is InChI=1S/C16H26N4OS.HI/c1-2-17-16(20-8-3-14(21)12-20)18-6-9-19-7-4-15-13(11-19)5-10-22-15;/h5,10,14,21H,2-4,6-9,11-12H2,1H3,(H,17,18);1H/t14-;/m1./s1. The molecule has 0 aromatic carbocycles. The highest BCUT2D eigenvalue weighted by Gasteiger charge is 2.23. The number of aliphatic hydroxyl groups is 1. The molecule has 7 heteroatoms. The maximum absolute atomic E-state index is 9.69. The number of rotatable bonds is 4. The molecule has 5 nitrogen and oxygen atoms in total. The average Bonchev–Trinajstić information content (AvgIpc) is 3.14. The third-order valence-corrected chi connectivity index (χ3v) is 5.39. The molecule has 1 saturated heterocycles. The van der Waals surface area contributed by atoms with Gasteiger partial charge >= 0.3 is 0 Å². The lowest BCUT2D eigenvalue weighted by Gasteiger charge is -2.26. The Balaban J connectivity index is 0.00000192. The van der Waals surface area contributed by atoms with E-state index in [1.54, 1.807) is 4.88 Å². The molecule has 0 bridgehead atoms. The van der Waals surface area contributed by atoms with Gasteiger partial charge in [0.25, 0.3) is 0 Å². The minimum Gasteiger partial charge on any atom is -0.391 e. The van der Waals surface area contributed by atoms with Crippen molar-refractivity contribution in [2.75, 3.05) is 39.3 Å². The molecule has 0 saturated carbocycles. The van der Waals surface area contributed by atoms with Crippen LogP contribution in [0.5, 0.6) is 0 Å². The maximum atomic E-state index is 9.69. The summed E-state index contributed by atoms with van der Waals surface area (Å²) in [4.78, 5) is 11.0. The van der Waals surface area contributed by atoms with Gasteiger partial charge in [0.1, 0.15) is 0 Å². The van der Waals surface area contributed by atoms with Crippen molar-refractivity contribution in [3.63, 3.8) is 0 Å². The van der Waals surface area contributed by atoms with E-state index >= 15 is 0 Å². The van der Waals surface area contributed by atoms with Crippen LogP contribution in [-0.4, -0.2) is 66.2 Å². The zero-order valence-corrected chi connectivity index (χ0v) is 16.8. The molecule has 1 fully saturated rings. The summed E-state index contributed by atoms with van der Waals surface area (Å²) in [6.07, 6.45) is 1.81. The van der Waals surface area contributed by atoms with Crippen LogP contribution in [0, 0.1) is 0 Å². The number of nitrogens with zero attached hydrogens (tertiary/aromatic N) is 3. The first kappa shape index (κ1) is 19.0. The van der Waals surface area contributed by atoms with Crippen molar-refractivity contribution in [3.8, 4) is 0 Å². The van der Waals surface area contributed by atoms with Crippen LogP contribution in [-0.2, 0) is 13.0 Å². The zero-order valence-electron chi connectivity index (χ0n) is 13.7. The fourth-order valence-corrected chi connectivity index (χ4v) is 4.04. The number of aliphatic imine (C=N–C) groups is 1. The number of halogens is 1. The van der Waals surface area contributed by atoms with Crippen LogP contribution < -0.4 is 5.32 Å². The van der Waals surface area contributed by atoms with Gasteiger partial charge in [-0.3, -0.25) is 9.89 Å². The normalized spacial score (nSPS) is 21.9. The number of aliphatic hydroxyl groups excluding tert-OH is 1. The molecular weight excluding hydrogens is 423 g/mol. The van der Waals surface area contributed by atoms with Gasteiger partial charge in [0.2, 0.25) is 0 Å². The first-order chi connectivity index (χ1) is 10.8. The fraction of sp³-hybridized carbons (Fsp3) is 0.688. The largest absolute Gasteiger partial charge is 0.391 e. The number of β-amino-alcohol motifs (C(OH)–C–C–N with tert-alkyl or cyclic N) is 1. The molecule has 130 valence electrons. The van der Waals surface area contributed by atoms with E-state index in [1.807, 2.05) is 11.3 Å². The molecule has 0 unspecified atom stereocenters. The van der Waals surface area contributed by atoms with Crippen molar-refractivity contribution >= 4 is 41.3 Å². The second-order valence-electron chi connectivity index (χ2n) is 6.02. The lowest BCUT2D eigenvalue weighted by Crippen LogP contribution is -2.41. The van der Waals surface area contributed by atoms with Gasteiger partial charge in [-0.25, -0.2) is 0 Å². The zero-order chi connectivity index (χ0) is 15.4. The number of nitrogens with one attached hydrogen (secondary N) is 1. The second-order valence-corrected chi connectivity index (χ2v) is 7.02. The Hall–Kier alpha value is -0.380. The highest BCUT2D eigenvalue weighted by atomic mass is 127. The Morgan fingerprint density at radius 3 is 3.09 bits per heavy atom. The van der Waals surface area contributed by atoms with Crippen LogP contribution >= 0.6 is 35.3 Å². The van der Waals surface area contributed by atoms with Crippen LogP contribution in [0.1, 0.15) is 23.8 Å². The summed E-state index contributed by atoms with van der Waals surface area (Å²) in [7, 11) is 0. The van der Waals surface area contributed by atoms with E-state index in [0.29, 0.717) is 6.54 Å². The number of likely N-dealkylation sites (tertiary alicyclic amines) is 1. The van der Waals surface area contributed by atoms with Crippen molar-refractivity contribution < 1.29 is 5.11 Å². The quantitative estimate of drug-likeness (QED) is 0.417. The molecule has 0 aliphatic carbocycles. The van der Waals surface area contributed by atoms with Crippen LogP contribution in [0.15, 0.2) is 16.4 Å². The number of thiophene rings is 1. The lowest BCUT2D eigenvalue weighted by molar-refractivity contribution is 0.187. The third-order valence-electron chi connectivity index (χ3n) is 4.36. The van der Waals surface area contributed by atoms with E-state index in [0.717, 1.165) is 51.6 Å². The van der Waals surface area contributed by atoms with Crippen LogP contribution in [0.25, 0.3) is 0 Å². The van der Waals surface area contributed by atoms with Gasteiger partial charge in [0.05, 0.1) is 12.6 Å². The number of hydrogen-bond acceptors (Lipinski definition) is 4. The fourth-order valence-electron chi connectivity index (χ4n) is 3.16. The lowest BCUT2D eigenvalue weighted by atomic mass is 10.1. The molecule has 0 amide bonds. The molecule has 1 atom stereocenters. The Kier molecular flexibility index (Phi) is 7.58. The molecule has 0 spiro atoms. The predicted octanol–water partition coefficient (Wildman–Crippen LogP) is 1.76. The first-order valence-corrected chi connectivity index (χ1v) is 9.13. The van der Waals surface area contributed by atoms with Gasteiger partial charge in [0.15, 0.2) is 5.96 Å². The summed E-state index contributed by atoms with van der Waals surface area (Å²) in [5.41, 5.74) is 1.50. The average molecular weight is 450 g/mol. The summed E-state index contributed by atoms with van der Waals surface area (Å²) < 4.78 is 0. The van der Waals surface area contributed by atoms with Gasteiger partial charge in [-0.15, -0.1) is 35.3 Å². The van der Waals surface area contributed by atoms with Crippen molar-refractivity contribution in [3.05, 3.63) is 21.9 Å². The molecule has 3 heterocycles. The van der Waals surface area contributed by atoms with Gasteiger partial charge in [-0.05, 0) is 36.8 Å². The van der Waals surface area contributed by atoms with Crippen molar-refractivity contribution in [2.45, 2.75) is 32.4 Å². The molecular formula is C16H27IN4OS. The van der Waals surface area contributed by atoms with Crippen molar-refractivity contribution in [1.82, 2.24) is 15.1 Å². The Bertz CT molecular complexity index is 522. The highest BCUT2D eigenvalue weighted by Crippen LogP contribution is 2.23. The van der Waals surface area contributed by atoms with Crippen molar-refractivity contribution in [2.24, 2.45) is 4.99 Å². The number of hydrogen-bond donors (Lipinski definition) is 2. The van der Waals surface area contributed by atoms with Crippen LogP contribution in [0.2, 0.25) is 0 Å². The van der Waals surface area contributed by atoms with Gasteiger partial charge in [-0.2, -0.15) is 0 Å². The minimum absolute atomic E-state index is 0. The summed E-state index contributed by atoms with van der Waals surface area (Å²) in [6.45, 7) is 8.57. The molecule has 3 rings (SSSR count). The monoisotopic (exact) mass is 450 g/mol. The smallest absolute Gasteiger partial charge is 0.194 e. The summed E-state index contributed by atoms with van der Waals surface area (Å²) >= 11 is 1.89. The van der Waals surface area contributed by atoms with E-state index in [1.165, 1.54) is 12.0 Å². The number of fused-ring (bicyclic) bond motifs is 1. The SMILES string of the molecule is CCNC(=NCCN1CCc2sccc2C1)N1CC[C@@H](O)C1.I. The van der Waals surface area contributed by atoms with E-state index in [2.05, 4.69) is 33.5 Å². The molecule has 2 N–H and O–H groups in total. The van der Waals surface area contributed by atoms with Gasteiger partial charge < -0.3 is 15.3 Å². The van der Waals surface area contributed by atoms with Crippen LogP contribution in [0.3, 0.4) is 0 Å². The van der Waals surface area contributed by atoms with Crippen LogP contribution in [0.4, 0.5) is 0 Å². The van der Waals surface area contributed by atoms with E-state index < -0.39 is 0 Å². The molecule has 1 aromatic rings. The van der Waals surface area contributed by atoms with E-state index in [-0.39, 0.29) is 30.1 Å².